The Balaban J connectivity index is 1.31. The van der Waals surface area contributed by atoms with Gasteiger partial charge in [0.15, 0.2) is 0 Å². The van der Waals surface area contributed by atoms with Crippen molar-refractivity contribution in [3.05, 3.63) is 54.1 Å². The summed E-state index contributed by atoms with van der Waals surface area (Å²) in [6.45, 7) is 14.8. The van der Waals surface area contributed by atoms with Crippen molar-refractivity contribution in [3.63, 3.8) is 0 Å². The average Bonchev–Trinajstić information content (AvgIpc) is 3.33. The van der Waals surface area contributed by atoms with Crippen LogP contribution in [0.4, 0.5) is 0 Å². The molecule has 4 fully saturated rings. The van der Waals surface area contributed by atoms with E-state index in [0.717, 1.165) is 23.7 Å². The average molecular weight is 501 g/mol. The van der Waals surface area contributed by atoms with Crippen LogP contribution in [-0.4, -0.2) is 13.1 Å². The lowest BCUT2D eigenvalue weighted by Crippen LogP contribution is -2.60. The Hall–Kier alpha value is -1.83. The van der Waals surface area contributed by atoms with Crippen LogP contribution in [0.5, 0.6) is 0 Å². The number of hydrogen-bond acceptors (Lipinski definition) is 2. The van der Waals surface area contributed by atoms with Gasteiger partial charge in [-0.05, 0) is 132 Å². The monoisotopic (exact) mass is 500 g/mol. The molecule has 0 heterocycles. The highest BCUT2D eigenvalue weighted by Gasteiger charge is 2.65. The zero-order chi connectivity index (χ0) is 26.2. The summed E-state index contributed by atoms with van der Waals surface area (Å²) in [6.07, 6.45) is 18.8. The van der Waals surface area contributed by atoms with Gasteiger partial charge in [-0.15, -0.1) is 6.58 Å². The molecule has 6 rings (SSSR count). The molecule has 1 aromatic carbocycles. The summed E-state index contributed by atoms with van der Waals surface area (Å²) in [4.78, 5) is 12.0. The molecule has 2 heteroatoms. The molecule has 1 aromatic rings. The van der Waals surface area contributed by atoms with Gasteiger partial charge in [-0.2, -0.15) is 0 Å². The fourth-order valence-electron chi connectivity index (χ4n) is 11.6. The summed E-state index contributed by atoms with van der Waals surface area (Å²) in [6, 6.07) is 8.13. The molecule has 4 saturated carbocycles. The normalized spacial score (nSPS) is 43.9. The number of rotatable bonds is 3. The number of hydrogen-bond donors (Lipinski definition) is 0. The van der Waals surface area contributed by atoms with E-state index < -0.39 is 0 Å². The summed E-state index contributed by atoms with van der Waals surface area (Å²) in [5.41, 5.74) is 4.79. The van der Waals surface area contributed by atoms with Crippen molar-refractivity contribution in [2.75, 3.05) is 7.11 Å². The van der Waals surface area contributed by atoms with E-state index in [2.05, 4.69) is 58.6 Å². The zero-order valence-electron chi connectivity index (χ0n) is 23.9. The summed E-state index contributed by atoms with van der Waals surface area (Å²) in [5.74, 6) is 3.97. The van der Waals surface area contributed by atoms with Gasteiger partial charge in [0.25, 0.3) is 0 Å². The molecule has 200 valence electrons. The smallest absolute Gasteiger partial charge is 0.337 e. The van der Waals surface area contributed by atoms with Crippen LogP contribution in [0.1, 0.15) is 108 Å². The van der Waals surface area contributed by atoms with Gasteiger partial charge in [-0.25, -0.2) is 4.79 Å². The Bertz CT molecular complexity index is 1110. The molecule has 5 aliphatic rings. The predicted octanol–water partition coefficient (Wildman–Crippen LogP) is 9.12. The molecule has 0 aliphatic heterocycles. The molecule has 0 aromatic heterocycles. The minimum atomic E-state index is -0.260. The van der Waals surface area contributed by atoms with Crippen LogP contribution in [-0.2, 0) is 4.74 Å². The number of benzene rings is 1. The lowest BCUT2D eigenvalue weighted by Gasteiger charge is -2.68. The van der Waals surface area contributed by atoms with Crippen LogP contribution < -0.4 is 0 Å². The van der Waals surface area contributed by atoms with E-state index in [-0.39, 0.29) is 11.4 Å². The molecule has 37 heavy (non-hydrogen) atoms. The standard InChI is InChI=1S/C35H48O2/c1-7-35-19-8-9-28(35)25-14-15-30-33(4,27(25)17-22-35)21-18-29-32(2,3)26(16-20-34(29,30)5)23-10-12-24(13-11-23)31(36)37-6/h7,10-13,16,25,27-30H,1,8-9,14-15,17-22H2,2-6H3. The summed E-state index contributed by atoms with van der Waals surface area (Å²) in [5, 5.41) is 0. The number of carbonyl (C=O) groups excluding carboxylic acids is 1. The van der Waals surface area contributed by atoms with E-state index in [1.807, 2.05) is 12.1 Å². The Morgan fingerprint density at radius 3 is 2.35 bits per heavy atom. The number of carbonyl (C=O) groups is 1. The highest BCUT2D eigenvalue weighted by molar-refractivity contribution is 5.89. The first-order valence-electron chi connectivity index (χ1n) is 15.1. The minimum absolute atomic E-state index is 0.119. The second kappa shape index (κ2) is 8.59. The van der Waals surface area contributed by atoms with Crippen molar-refractivity contribution in [1.29, 1.82) is 0 Å². The van der Waals surface area contributed by atoms with E-state index in [0.29, 0.717) is 27.7 Å². The molecule has 0 saturated heterocycles. The topological polar surface area (TPSA) is 26.3 Å². The zero-order valence-corrected chi connectivity index (χ0v) is 23.9. The van der Waals surface area contributed by atoms with E-state index in [9.17, 15) is 4.79 Å². The Labute approximate surface area is 225 Å². The van der Waals surface area contributed by atoms with Crippen LogP contribution in [0.15, 0.2) is 43.0 Å². The first-order valence-corrected chi connectivity index (χ1v) is 15.1. The largest absolute Gasteiger partial charge is 0.465 e. The van der Waals surface area contributed by atoms with Crippen molar-refractivity contribution >= 4 is 11.5 Å². The molecule has 0 spiro atoms. The lowest BCUT2D eigenvalue weighted by molar-refractivity contribution is -0.174. The fraction of sp³-hybridized carbons (Fsp3) is 0.686. The third-order valence-corrected chi connectivity index (χ3v) is 13.2. The van der Waals surface area contributed by atoms with Crippen molar-refractivity contribution in [3.8, 4) is 0 Å². The van der Waals surface area contributed by atoms with Gasteiger partial charge in [0, 0.05) is 0 Å². The van der Waals surface area contributed by atoms with E-state index >= 15 is 0 Å². The molecule has 0 amide bonds. The first kappa shape index (κ1) is 25.4. The van der Waals surface area contributed by atoms with Gasteiger partial charge in [-0.1, -0.05) is 58.4 Å². The van der Waals surface area contributed by atoms with E-state index in [4.69, 9.17) is 4.74 Å². The van der Waals surface area contributed by atoms with E-state index in [1.165, 1.54) is 82.5 Å². The summed E-state index contributed by atoms with van der Waals surface area (Å²) in [7, 11) is 1.45. The maximum absolute atomic E-state index is 12.0. The summed E-state index contributed by atoms with van der Waals surface area (Å²) < 4.78 is 4.92. The molecule has 5 aliphatic carbocycles. The fourth-order valence-corrected chi connectivity index (χ4v) is 11.6. The molecule has 0 N–H and O–H groups in total. The number of allylic oxidation sites excluding steroid dienone is 3. The SMILES string of the molecule is C=CC12CCCC1C1CCC3C(C)(CCC4C(C)(C)C(c5ccc(C(=O)OC)cc5)=CCC43C)C1CC2. The predicted molar refractivity (Wildman–Crippen MR) is 152 cm³/mol. The molecule has 2 nitrogen and oxygen atoms in total. The molecular weight excluding hydrogens is 452 g/mol. The Morgan fingerprint density at radius 2 is 1.65 bits per heavy atom. The van der Waals surface area contributed by atoms with Gasteiger partial charge in [-0.3, -0.25) is 0 Å². The van der Waals surface area contributed by atoms with Gasteiger partial charge >= 0.3 is 5.97 Å². The molecule has 8 atom stereocenters. The molecule has 0 radical (unpaired) electrons. The van der Waals surface area contributed by atoms with Crippen molar-refractivity contribution < 1.29 is 9.53 Å². The van der Waals surface area contributed by atoms with Crippen molar-refractivity contribution in [2.45, 2.75) is 91.9 Å². The molecular formula is C35H48O2. The van der Waals surface area contributed by atoms with Crippen molar-refractivity contribution in [1.82, 2.24) is 0 Å². The quantitative estimate of drug-likeness (QED) is 0.305. The van der Waals surface area contributed by atoms with Crippen LogP contribution in [0.25, 0.3) is 5.57 Å². The minimum Gasteiger partial charge on any atom is -0.465 e. The lowest BCUT2D eigenvalue weighted by atomic mass is 9.36. The maximum Gasteiger partial charge on any atom is 0.337 e. The van der Waals surface area contributed by atoms with Gasteiger partial charge in [0.2, 0.25) is 0 Å². The van der Waals surface area contributed by atoms with Gasteiger partial charge in [0.1, 0.15) is 0 Å². The van der Waals surface area contributed by atoms with Crippen LogP contribution in [0.2, 0.25) is 0 Å². The maximum atomic E-state index is 12.0. The highest BCUT2D eigenvalue weighted by Crippen LogP contribution is 2.73. The van der Waals surface area contributed by atoms with Gasteiger partial charge in [0.05, 0.1) is 12.7 Å². The number of ether oxygens (including phenoxy) is 1. The second-order valence-electron chi connectivity index (χ2n) is 14.6. The first-order chi connectivity index (χ1) is 17.6. The highest BCUT2D eigenvalue weighted by atomic mass is 16.5. The van der Waals surface area contributed by atoms with Crippen LogP contribution in [0, 0.1) is 51.2 Å². The third-order valence-electron chi connectivity index (χ3n) is 13.2. The van der Waals surface area contributed by atoms with Gasteiger partial charge < -0.3 is 4.74 Å². The van der Waals surface area contributed by atoms with E-state index in [1.54, 1.807) is 0 Å². The number of methoxy groups -OCH3 is 1. The Morgan fingerprint density at radius 1 is 0.892 bits per heavy atom. The second-order valence-corrected chi connectivity index (χ2v) is 14.6. The van der Waals surface area contributed by atoms with Crippen LogP contribution in [0.3, 0.4) is 0 Å². The number of esters is 1. The summed E-state index contributed by atoms with van der Waals surface area (Å²) >= 11 is 0. The third kappa shape index (κ3) is 3.45. The van der Waals surface area contributed by atoms with Crippen LogP contribution >= 0.6 is 0 Å². The Kier molecular flexibility index (Phi) is 5.91. The number of fused-ring (bicyclic) bond motifs is 7. The molecule has 8 unspecified atom stereocenters. The molecule has 0 bridgehead atoms. The van der Waals surface area contributed by atoms with Crippen molar-refractivity contribution in [2.24, 2.45) is 51.2 Å².